The van der Waals surface area contributed by atoms with Gasteiger partial charge in [0.05, 0.1) is 41.5 Å². The number of alkyl halides is 2. The van der Waals surface area contributed by atoms with E-state index in [4.69, 9.17) is 0 Å². The fourth-order valence-corrected chi connectivity index (χ4v) is 6.89. The van der Waals surface area contributed by atoms with Gasteiger partial charge in [0.1, 0.15) is 24.2 Å². The first kappa shape index (κ1) is 53.4. The van der Waals surface area contributed by atoms with Gasteiger partial charge in [0, 0.05) is 56.4 Å². The maximum Gasteiger partial charge on any atom is 0.326 e. The average Bonchev–Trinajstić information content (AvgIpc) is 3.63. The Morgan fingerprint density at radius 3 is 2.04 bits per heavy atom. The lowest BCUT2D eigenvalue weighted by atomic mass is 10.1. The molecule has 69 heavy (non-hydrogen) atoms. The molecule has 1 aliphatic rings. The number of amides is 7. The summed E-state index contributed by atoms with van der Waals surface area (Å²) in [6.07, 6.45) is -1.89. The Morgan fingerprint density at radius 1 is 0.768 bits per heavy atom. The van der Waals surface area contributed by atoms with Gasteiger partial charge in [0.25, 0.3) is 17.7 Å². The molecule has 4 rings (SSSR count). The Kier molecular flexibility index (Phi) is 19.4. The molecule has 4 atom stereocenters. The van der Waals surface area contributed by atoms with E-state index in [-0.39, 0.29) is 53.5 Å². The van der Waals surface area contributed by atoms with Crippen LogP contribution in [0.15, 0.2) is 48.8 Å². The van der Waals surface area contributed by atoms with Gasteiger partial charge in [-0.3, -0.25) is 48.1 Å². The summed E-state index contributed by atoms with van der Waals surface area (Å²) >= 11 is 0. The van der Waals surface area contributed by atoms with Gasteiger partial charge in [-0.1, -0.05) is 12.1 Å². The topological polar surface area (TPSA) is 356 Å². The second-order valence-electron chi connectivity index (χ2n) is 15.6. The van der Waals surface area contributed by atoms with E-state index in [9.17, 15) is 81.7 Å². The van der Waals surface area contributed by atoms with Crippen LogP contribution in [0.4, 0.5) is 18.9 Å². The van der Waals surface area contributed by atoms with Crippen LogP contribution in [0.2, 0.25) is 0 Å². The van der Waals surface area contributed by atoms with Crippen LogP contribution in [0.5, 0.6) is 0 Å². The van der Waals surface area contributed by atoms with Crippen molar-refractivity contribution in [1.29, 1.82) is 5.26 Å². The molecule has 1 saturated heterocycles. The van der Waals surface area contributed by atoms with E-state index in [2.05, 4.69) is 41.9 Å². The number of halogens is 3. The number of hydrogen-bond donors (Lipinski definition) is 9. The summed E-state index contributed by atoms with van der Waals surface area (Å²) in [5.41, 5.74) is 0.253. The summed E-state index contributed by atoms with van der Waals surface area (Å²) in [7, 11) is 0. The van der Waals surface area contributed by atoms with Crippen LogP contribution in [0.1, 0.15) is 84.9 Å². The monoisotopic (exact) mass is 968 g/mol. The Morgan fingerprint density at radius 2 is 1.42 bits per heavy atom. The van der Waals surface area contributed by atoms with E-state index in [0.29, 0.717) is 4.90 Å². The van der Waals surface area contributed by atoms with Crippen LogP contribution in [0, 0.1) is 17.3 Å². The predicted molar refractivity (Wildman–Crippen MR) is 230 cm³/mol. The molecular formula is C43H47F3N10O13. The number of aromatic nitrogens is 2. The number of carboxylic acids is 3. The molecule has 0 radical (unpaired) electrons. The molecule has 3 aromatic rings. The number of carboxylic acid groups (broad SMARTS) is 3. The highest BCUT2D eigenvalue weighted by Gasteiger charge is 2.47. The number of pyridine rings is 2. The number of rotatable bonds is 25. The zero-order chi connectivity index (χ0) is 50.8. The van der Waals surface area contributed by atoms with E-state index in [0.717, 1.165) is 12.3 Å². The third kappa shape index (κ3) is 16.5. The van der Waals surface area contributed by atoms with Crippen LogP contribution < -0.4 is 31.9 Å². The SMILES string of the molecule is N#C[C@@H]1CC(F)(F)CN1C(=O)CNC(=O)c1ccnc2c(NC(=O)CCC(=O)N[C@@H](CCC(=O)O)C(=O)N[C@@H](CCC(=O)O)C(=O)N[C@@H](CCCCNC(=O)c3ccc(F)nc3)C(=O)O)cccc12. The Hall–Kier alpha value is -8.24. The molecule has 3 heterocycles. The third-order valence-corrected chi connectivity index (χ3v) is 10.4. The summed E-state index contributed by atoms with van der Waals surface area (Å²) in [4.78, 5) is 134. The number of fused-ring (bicyclic) bond motifs is 1. The van der Waals surface area contributed by atoms with E-state index in [1.165, 1.54) is 36.5 Å². The second-order valence-corrected chi connectivity index (χ2v) is 15.6. The fourth-order valence-electron chi connectivity index (χ4n) is 6.89. The normalized spacial score (nSPS) is 15.0. The van der Waals surface area contributed by atoms with Gasteiger partial charge in [-0.25, -0.2) is 18.6 Å². The first-order valence-corrected chi connectivity index (χ1v) is 21.2. The number of aliphatic carboxylic acids is 3. The van der Waals surface area contributed by atoms with Crippen LogP contribution in [0.3, 0.4) is 0 Å². The van der Waals surface area contributed by atoms with Gasteiger partial charge < -0.3 is 52.1 Å². The third-order valence-electron chi connectivity index (χ3n) is 10.4. The lowest BCUT2D eigenvalue weighted by molar-refractivity contribution is -0.143. The van der Waals surface area contributed by atoms with Crippen LogP contribution in [0.25, 0.3) is 10.9 Å². The molecule has 0 aliphatic carbocycles. The van der Waals surface area contributed by atoms with E-state index in [1.54, 1.807) is 6.07 Å². The molecule has 0 saturated carbocycles. The van der Waals surface area contributed by atoms with Crippen molar-refractivity contribution in [2.24, 2.45) is 0 Å². The van der Waals surface area contributed by atoms with Crippen LogP contribution in [-0.2, 0) is 38.4 Å². The number of carbonyl (C=O) groups excluding carboxylic acids is 7. The number of hydrogen-bond acceptors (Lipinski definition) is 13. The summed E-state index contributed by atoms with van der Waals surface area (Å²) < 4.78 is 40.7. The minimum Gasteiger partial charge on any atom is -0.481 e. The maximum absolute atomic E-state index is 13.8. The largest absolute Gasteiger partial charge is 0.481 e. The Bertz CT molecular complexity index is 2490. The van der Waals surface area contributed by atoms with Crippen molar-refractivity contribution < 1.29 is 76.4 Å². The molecule has 1 aromatic carbocycles. The number of para-hydroxylation sites is 1. The Balaban J connectivity index is 1.33. The molecule has 9 N–H and O–H groups in total. The predicted octanol–water partition coefficient (Wildman–Crippen LogP) is 0.846. The van der Waals surface area contributed by atoms with Gasteiger partial charge in [-0.05, 0) is 56.4 Å². The lowest BCUT2D eigenvalue weighted by Gasteiger charge is -2.24. The first-order valence-electron chi connectivity index (χ1n) is 21.2. The first-order chi connectivity index (χ1) is 32.7. The molecular weight excluding hydrogens is 922 g/mol. The number of benzene rings is 1. The van der Waals surface area contributed by atoms with Gasteiger partial charge in [-0.15, -0.1) is 0 Å². The van der Waals surface area contributed by atoms with Crippen molar-refractivity contribution in [1.82, 2.24) is 41.5 Å². The molecule has 0 bridgehead atoms. The molecule has 23 nitrogen and oxygen atoms in total. The highest BCUT2D eigenvalue weighted by Crippen LogP contribution is 2.31. The van der Waals surface area contributed by atoms with Crippen LogP contribution >= 0.6 is 0 Å². The molecule has 7 amide bonds. The number of unbranched alkanes of at least 4 members (excludes halogenated alkanes) is 1. The van der Waals surface area contributed by atoms with Crippen molar-refractivity contribution in [3.8, 4) is 6.07 Å². The molecule has 26 heteroatoms. The highest BCUT2D eigenvalue weighted by atomic mass is 19.3. The molecule has 0 unspecified atom stereocenters. The molecule has 2 aromatic heterocycles. The van der Waals surface area contributed by atoms with E-state index < -0.39 is 153 Å². The van der Waals surface area contributed by atoms with Gasteiger partial charge in [0.15, 0.2) is 0 Å². The molecule has 368 valence electrons. The summed E-state index contributed by atoms with van der Waals surface area (Å²) in [5, 5.41) is 52.0. The summed E-state index contributed by atoms with van der Waals surface area (Å²) in [6, 6.07) is 3.29. The van der Waals surface area contributed by atoms with Crippen molar-refractivity contribution in [2.75, 3.05) is 25.0 Å². The zero-order valence-electron chi connectivity index (χ0n) is 36.5. The number of anilines is 1. The van der Waals surface area contributed by atoms with Crippen molar-refractivity contribution in [3.63, 3.8) is 0 Å². The summed E-state index contributed by atoms with van der Waals surface area (Å²) in [6.45, 7) is -1.60. The minimum atomic E-state index is -3.26. The lowest BCUT2D eigenvalue weighted by Crippen LogP contribution is -2.56. The number of nitrogens with zero attached hydrogens (tertiary/aromatic N) is 4. The molecule has 0 spiro atoms. The fraction of sp³-hybridized carbons (Fsp3) is 0.419. The standard InChI is InChI=1S/C43H47F3N10O13/c44-31-10-7-23(20-50-31)38(64)49-16-2-1-5-30(42(68)69)55-41(67)29(9-14-36(62)63)54-40(66)28(8-13-35(60)61)53-33(58)12-11-32(57)52-27-6-3-4-25-26(15-17-48-37(25)27)39(65)51-21-34(59)56-22-43(45,46)18-24(56)19-47/h3-4,6-7,10,15,17,20,24,28-30H,1-2,5,8-9,11-14,16,18,21-22H2,(H,49,64)(H,51,65)(H,52,57)(H,53,58)(H,54,66)(H,55,67)(H,60,61)(H,62,63)(H,68,69)/t24-,28-,29-,30-/m0/s1. The van der Waals surface area contributed by atoms with Crippen molar-refractivity contribution in [3.05, 3.63) is 65.9 Å². The maximum atomic E-state index is 13.8. The number of carbonyl (C=O) groups is 10. The zero-order valence-corrected chi connectivity index (χ0v) is 36.5. The van der Waals surface area contributed by atoms with Crippen molar-refractivity contribution >= 4 is 75.8 Å². The quantitative estimate of drug-likeness (QED) is 0.0420. The highest BCUT2D eigenvalue weighted by molar-refractivity contribution is 6.11. The van der Waals surface area contributed by atoms with Crippen LogP contribution in [-0.4, -0.2) is 139 Å². The van der Waals surface area contributed by atoms with Gasteiger partial charge >= 0.3 is 17.9 Å². The molecule has 1 fully saturated rings. The van der Waals surface area contributed by atoms with Gasteiger partial charge in [-0.2, -0.15) is 9.65 Å². The number of nitrogens with one attached hydrogen (secondary N) is 6. The smallest absolute Gasteiger partial charge is 0.326 e. The summed E-state index contributed by atoms with van der Waals surface area (Å²) in [5.74, 6) is -14.5. The number of likely N-dealkylation sites (tertiary alicyclic amines) is 1. The van der Waals surface area contributed by atoms with Gasteiger partial charge in [0.2, 0.25) is 35.5 Å². The minimum absolute atomic E-state index is 0.0137. The van der Waals surface area contributed by atoms with E-state index in [1.807, 2.05) is 0 Å². The Labute approximate surface area is 389 Å². The van der Waals surface area contributed by atoms with E-state index >= 15 is 0 Å². The average molecular weight is 969 g/mol. The number of nitriles is 1. The second kappa shape index (κ2) is 25.0. The van der Waals surface area contributed by atoms with Crippen molar-refractivity contribution in [2.45, 2.75) is 94.3 Å². The molecule has 1 aliphatic heterocycles.